The zero-order chi connectivity index (χ0) is 13.1. The summed E-state index contributed by atoms with van der Waals surface area (Å²) in [6.07, 6.45) is 10.6. The van der Waals surface area contributed by atoms with Crippen LogP contribution in [0, 0.1) is 5.41 Å². The summed E-state index contributed by atoms with van der Waals surface area (Å²) in [7, 11) is 0. The van der Waals surface area contributed by atoms with E-state index in [1.54, 1.807) is 0 Å². The Morgan fingerprint density at radius 3 is 2.47 bits per heavy atom. The van der Waals surface area contributed by atoms with Gasteiger partial charge in [-0.3, -0.25) is 4.90 Å². The number of piperidine rings is 1. The number of hydrogen-bond donors (Lipinski definition) is 2. The van der Waals surface area contributed by atoms with E-state index in [0.717, 1.165) is 12.4 Å². The molecule has 2 fully saturated rings. The second-order valence-corrected chi connectivity index (χ2v) is 6.18. The summed E-state index contributed by atoms with van der Waals surface area (Å²) in [6, 6.07) is 4.06. The van der Waals surface area contributed by atoms with Crippen molar-refractivity contribution < 1.29 is 0 Å². The van der Waals surface area contributed by atoms with E-state index < -0.39 is 0 Å². The highest BCUT2D eigenvalue weighted by molar-refractivity contribution is 5.33. The summed E-state index contributed by atoms with van der Waals surface area (Å²) in [5.74, 6) is 6.06. The van der Waals surface area contributed by atoms with Crippen LogP contribution in [0.5, 0.6) is 0 Å². The van der Waals surface area contributed by atoms with Gasteiger partial charge in [0, 0.05) is 12.7 Å². The normalized spacial score (nSPS) is 22.8. The summed E-state index contributed by atoms with van der Waals surface area (Å²) in [4.78, 5) is 6.84. The van der Waals surface area contributed by atoms with E-state index in [4.69, 9.17) is 5.84 Å². The second-order valence-electron chi connectivity index (χ2n) is 6.18. The van der Waals surface area contributed by atoms with Crippen LogP contribution in [0.1, 0.15) is 44.1 Å². The van der Waals surface area contributed by atoms with Crippen molar-refractivity contribution in [2.45, 2.75) is 45.1 Å². The molecule has 1 saturated heterocycles. The van der Waals surface area contributed by atoms with Crippen LogP contribution in [0.15, 0.2) is 18.3 Å². The third kappa shape index (κ3) is 2.90. The molecule has 3 N–H and O–H groups in total. The van der Waals surface area contributed by atoms with Gasteiger partial charge in [-0.25, -0.2) is 10.8 Å². The fourth-order valence-corrected chi connectivity index (χ4v) is 3.67. The molecule has 1 aliphatic heterocycles. The Balaban J connectivity index is 1.53. The Morgan fingerprint density at radius 2 is 1.89 bits per heavy atom. The molecular formula is C15H24N4. The molecule has 0 bridgehead atoms. The van der Waals surface area contributed by atoms with Crippen LogP contribution in [0.3, 0.4) is 0 Å². The molecule has 1 saturated carbocycles. The Hall–Kier alpha value is -1.13. The highest BCUT2D eigenvalue weighted by Crippen LogP contribution is 2.46. The summed E-state index contributed by atoms with van der Waals surface area (Å²) in [5, 5.41) is 0. The van der Waals surface area contributed by atoms with Gasteiger partial charge >= 0.3 is 0 Å². The highest BCUT2D eigenvalue weighted by atomic mass is 15.2. The fourth-order valence-electron chi connectivity index (χ4n) is 3.67. The molecule has 2 aliphatic rings. The molecule has 3 rings (SSSR count). The van der Waals surface area contributed by atoms with Gasteiger partial charge in [-0.2, -0.15) is 0 Å². The fraction of sp³-hybridized carbons (Fsp3) is 0.667. The molecule has 2 heterocycles. The number of aromatic nitrogens is 1. The van der Waals surface area contributed by atoms with Crippen LogP contribution in [-0.4, -0.2) is 23.0 Å². The first kappa shape index (κ1) is 12.9. The molecule has 4 heteroatoms. The number of anilines is 1. The number of nitrogens with zero attached hydrogens (tertiary/aromatic N) is 2. The average Bonchev–Trinajstić information content (AvgIpc) is 2.91. The van der Waals surface area contributed by atoms with E-state index in [0.29, 0.717) is 5.41 Å². The first-order chi connectivity index (χ1) is 9.30. The lowest BCUT2D eigenvalue weighted by molar-refractivity contribution is 0.103. The third-order valence-corrected chi connectivity index (χ3v) is 4.96. The molecular weight excluding hydrogens is 236 g/mol. The lowest BCUT2D eigenvalue weighted by Crippen LogP contribution is -2.38. The van der Waals surface area contributed by atoms with Crippen LogP contribution in [0.4, 0.5) is 5.82 Å². The van der Waals surface area contributed by atoms with Gasteiger partial charge in [0.1, 0.15) is 5.82 Å². The van der Waals surface area contributed by atoms with Crippen LogP contribution < -0.4 is 11.3 Å². The van der Waals surface area contributed by atoms with Gasteiger partial charge in [-0.1, -0.05) is 18.9 Å². The first-order valence-electron chi connectivity index (χ1n) is 7.44. The van der Waals surface area contributed by atoms with E-state index in [2.05, 4.69) is 21.4 Å². The standard InChI is InChI=1S/C15H24N4/c16-18-14-4-3-13(11-17-14)12-19-9-7-15(8-10-19)5-1-2-6-15/h3-4,11H,1-2,5-10,12,16H2,(H,17,18). The van der Waals surface area contributed by atoms with Crippen molar-refractivity contribution in [3.8, 4) is 0 Å². The number of nitrogens with two attached hydrogens (primary N) is 1. The van der Waals surface area contributed by atoms with Crippen molar-refractivity contribution >= 4 is 5.82 Å². The topological polar surface area (TPSA) is 54.2 Å². The summed E-state index contributed by atoms with van der Waals surface area (Å²) in [5.41, 5.74) is 4.56. The Bertz CT molecular complexity index is 399. The van der Waals surface area contributed by atoms with Crippen molar-refractivity contribution in [2.24, 2.45) is 11.3 Å². The number of hydrogen-bond acceptors (Lipinski definition) is 4. The first-order valence-corrected chi connectivity index (χ1v) is 7.44. The molecule has 1 spiro atoms. The van der Waals surface area contributed by atoms with Crippen molar-refractivity contribution in [3.05, 3.63) is 23.9 Å². The van der Waals surface area contributed by atoms with Crippen LogP contribution in [0.2, 0.25) is 0 Å². The lowest BCUT2D eigenvalue weighted by Gasteiger charge is -2.39. The quantitative estimate of drug-likeness (QED) is 0.648. The molecule has 0 aromatic carbocycles. The minimum absolute atomic E-state index is 0.710. The maximum atomic E-state index is 5.33. The van der Waals surface area contributed by atoms with Crippen molar-refractivity contribution in [2.75, 3.05) is 18.5 Å². The molecule has 1 aliphatic carbocycles. The average molecular weight is 260 g/mol. The predicted octanol–water partition coefficient (Wildman–Crippen LogP) is 2.52. The zero-order valence-corrected chi connectivity index (χ0v) is 11.6. The Morgan fingerprint density at radius 1 is 1.16 bits per heavy atom. The molecule has 0 radical (unpaired) electrons. The Labute approximate surface area is 115 Å². The molecule has 19 heavy (non-hydrogen) atoms. The van der Waals surface area contributed by atoms with Gasteiger partial charge in [-0.15, -0.1) is 0 Å². The van der Waals surface area contributed by atoms with Gasteiger partial charge < -0.3 is 5.43 Å². The molecule has 104 valence electrons. The van der Waals surface area contributed by atoms with Crippen LogP contribution in [-0.2, 0) is 6.54 Å². The number of hydrazine groups is 1. The summed E-state index contributed by atoms with van der Waals surface area (Å²) >= 11 is 0. The predicted molar refractivity (Wildman–Crippen MR) is 77.5 cm³/mol. The minimum atomic E-state index is 0.710. The second kappa shape index (κ2) is 5.47. The Kier molecular flexibility index (Phi) is 3.71. The third-order valence-electron chi connectivity index (χ3n) is 4.96. The van der Waals surface area contributed by atoms with E-state index in [9.17, 15) is 0 Å². The van der Waals surface area contributed by atoms with Gasteiger partial charge in [0.2, 0.25) is 0 Å². The van der Waals surface area contributed by atoms with Crippen molar-refractivity contribution in [3.63, 3.8) is 0 Å². The largest absolute Gasteiger partial charge is 0.308 e. The van der Waals surface area contributed by atoms with Gasteiger partial charge in [0.25, 0.3) is 0 Å². The summed E-state index contributed by atoms with van der Waals surface area (Å²) < 4.78 is 0. The number of nitrogens with one attached hydrogen (secondary N) is 1. The minimum Gasteiger partial charge on any atom is -0.308 e. The summed E-state index contributed by atoms with van der Waals surface area (Å²) in [6.45, 7) is 3.52. The molecule has 1 aromatic heterocycles. The van der Waals surface area contributed by atoms with E-state index in [1.807, 2.05) is 12.3 Å². The maximum Gasteiger partial charge on any atom is 0.139 e. The zero-order valence-electron chi connectivity index (χ0n) is 11.6. The lowest BCUT2D eigenvalue weighted by atomic mass is 9.77. The highest BCUT2D eigenvalue weighted by Gasteiger charge is 2.36. The van der Waals surface area contributed by atoms with Crippen molar-refractivity contribution in [1.29, 1.82) is 0 Å². The van der Waals surface area contributed by atoms with Crippen molar-refractivity contribution in [1.82, 2.24) is 9.88 Å². The monoisotopic (exact) mass is 260 g/mol. The van der Waals surface area contributed by atoms with Gasteiger partial charge in [-0.05, 0) is 55.8 Å². The number of pyridine rings is 1. The molecule has 0 unspecified atom stereocenters. The number of rotatable bonds is 3. The van der Waals surface area contributed by atoms with Crippen LogP contribution in [0.25, 0.3) is 0 Å². The maximum absolute atomic E-state index is 5.33. The SMILES string of the molecule is NNc1ccc(CN2CCC3(CCCC3)CC2)cn1. The van der Waals surface area contributed by atoms with Gasteiger partial charge in [0.15, 0.2) is 0 Å². The molecule has 0 atom stereocenters. The molecule has 0 amide bonds. The smallest absolute Gasteiger partial charge is 0.139 e. The van der Waals surface area contributed by atoms with E-state index in [1.165, 1.54) is 57.2 Å². The van der Waals surface area contributed by atoms with Crippen LogP contribution >= 0.6 is 0 Å². The molecule has 1 aromatic rings. The van der Waals surface area contributed by atoms with E-state index in [-0.39, 0.29) is 0 Å². The number of likely N-dealkylation sites (tertiary alicyclic amines) is 1. The number of nitrogen functional groups attached to an aromatic ring is 1. The van der Waals surface area contributed by atoms with E-state index >= 15 is 0 Å². The molecule has 4 nitrogen and oxygen atoms in total. The van der Waals surface area contributed by atoms with Gasteiger partial charge in [0.05, 0.1) is 0 Å².